The number of amides is 2. The minimum atomic E-state index is -2.04. The van der Waals surface area contributed by atoms with E-state index in [0.717, 1.165) is 19.3 Å². The molecule has 0 aromatic rings. The zero-order valence-corrected chi connectivity index (χ0v) is 21.8. The van der Waals surface area contributed by atoms with E-state index in [1.807, 2.05) is 0 Å². The number of aliphatic hydroxyl groups is 5. The van der Waals surface area contributed by atoms with Crippen LogP contribution < -0.4 is 10.6 Å². The number of carbonyl (C=O) groups is 2. The van der Waals surface area contributed by atoms with Crippen LogP contribution in [0.2, 0.25) is 0 Å². The Labute approximate surface area is 211 Å². The number of hydrogen-bond donors (Lipinski definition) is 7. The van der Waals surface area contributed by atoms with Crippen LogP contribution in [0.3, 0.4) is 0 Å². The first-order chi connectivity index (χ1) is 16.8. The topological polar surface area (TPSA) is 159 Å². The van der Waals surface area contributed by atoms with Crippen LogP contribution in [0.4, 0.5) is 0 Å². The van der Waals surface area contributed by atoms with E-state index in [4.69, 9.17) is 5.11 Å². The van der Waals surface area contributed by atoms with Crippen molar-refractivity contribution < 1.29 is 35.1 Å². The molecule has 0 aliphatic heterocycles. The van der Waals surface area contributed by atoms with Crippen molar-refractivity contribution in [1.82, 2.24) is 10.6 Å². The quantitative estimate of drug-likeness (QED) is 0.0989. The van der Waals surface area contributed by atoms with Crippen LogP contribution >= 0.6 is 0 Å². The molecule has 208 valence electrons. The van der Waals surface area contributed by atoms with E-state index in [1.165, 1.54) is 83.5 Å². The number of rotatable bonds is 24. The highest BCUT2D eigenvalue weighted by Gasteiger charge is 2.34. The van der Waals surface area contributed by atoms with Crippen molar-refractivity contribution in [2.45, 2.75) is 134 Å². The van der Waals surface area contributed by atoms with E-state index >= 15 is 0 Å². The Kier molecular flexibility index (Phi) is 22.3. The molecule has 0 aromatic carbocycles. The maximum absolute atomic E-state index is 11.8. The molecule has 4 atom stereocenters. The fourth-order valence-corrected chi connectivity index (χ4v) is 3.91. The third kappa shape index (κ3) is 18.6. The van der Waals surface area contributed by atoms with Gasteiger partial charge in [0, 0.05) is 6.54 Å². The van der Waals surface area contributed by atoms with Crippen LogP contribution in [0.5, 0.6) is 0 Å². The Balaban J connectivity index is 3.54. The normalized spacial score (nSPS) is 14.8. The maximum atomic E-state index is 11.8. The van der Waals surface area contributed by atoms with Gasteiger partial charge in [-0.05, 0) is 6.42 Å². The fourth-order valence-electron chi connectivity index (χ4n) is 3.91. The van der Waals surface area contributed by atoms with Crippen LogP contribution in [0.15, 0.2) is 0 Å². The number of carbonyl (C=O) groups excluding carboxylic acids is 2. The average Bonchev–Trinajstić information content (AvgIpc) is 2.87. The lowest BCUT2D eigenvalue weighted by Gasteiger charge is -2.24. The minimum Gasteiger partial charge on any atom is -0.394 e. The van der Waals surface area contributed by atoms with Crippen LogP contribution in [0.25, 0.3) is 0 Å². The molecule has 7 N–H and O–H groups in total. The summed E-state index contributed by atoms with van der Waals surface area (Å²) in [6, 6.07) is 0. The Morgan fingerprint density at radius 1 is 0.629 bits per heavy atom. The lowest BCUT2D eigenvalue weighted by molar-refractivity contribution is -0.149. The zero-order chi connectivity index (χ0) is 26.3. The van der Waals surface area contributed by atoms with Gasteiger partial charge < -0.3 is 36.2 Å². The first kappa shape index (κ1) is 33.7. The summed E-state index contributed by atoms with van der Waals surface area (Å²) in [7, 11) is 0. The maximum Gasteiger partial charge on any atom is 0.252 e. The van der Waals surface area contributed by atoms with E-state index in [1.54, 1.807) is 0 Å². The van der Waals surface area contributed by atoms with Crippen molar-refractivity contribution in [2.24, 2.45) is 0 Å². The molecule has 2 amide bonds. The molecule has 0 saturated heterocycles. The third-order valence-electron chi connectivity index (χ3n) is 6.30. The summed E-state index contributed by atoms with van der Waals surface area (Å²) in [6.07, 6.45) is 12.8. The van der Waals surface area contributed by atoms with Gasteiger partial charge in [-0.2, -0.15) is 0 Å². The van der Waals surface area contributed by atoms with Gasteiger partial charge in [0.25, 0.3) is 5.91 Å². The smallest absolute Gasteiger partial charge is 0.252 e. The highest BCUT2D eigenvalue weighted by molar-refractivity contribution is 5.87. The van der Waals surface area contributed by atoms with Crippen molar-refractivity contribution in [3.63, 3.8) is 0 Å². The van der Waals surface area contributed by atoms with E-state index in [-0.39, 0.29) is 6.54 Å². The summed E-state index contributed by atoms with van der Waals surface area (Å²) < 4.78 is 0. The molecule has 0 rings (SSSR count). The van der Waals surface area contributed by atoms with Gasteiger partial charge in [-0.25, -0.2) is 0 Å². The second-order valence-corrected chi connectivity index (χ2v) is 9.55. The Bertz CT molecular complexity index is 522. The highest BCUT2D eigenvalue weighted by atomic mass is 16.4. The van der Waals surface area contributed by atoms with Crippen LogP contribution in [0, 0.1) is 0 Å². The molecule has 0 radical (unpaired) electrons. The lowest BCUT2D eigenvalue weighted by Crippen LogP contribution is -2.52. The van der Waals surface area contributed by atoms with Crippen molar-refractivity contribution in [1.29, 1.82) is 0 Å². The van der Waals surface area contributed by atoms with Crippen molar-refractivity contribution in [3.05, 3.63) is 0 Å². The summed E-state index contributed by atoms with van der Waals surface area (Å²) in [6.45, 7) is 1.54. The number of unbranched alkanes of at least 4 members (excludes halogenated alkanes) is 15. The number of aliphatic hydroxyl groups excluding tert-OH is 5. The largest absolute Gasteiger partial charge is 0.394 e. The minimum absolute atomic E-state index is 0.375. The lowest BCUT2D eigenvalue weighted by atomic mass is 10.0. The zero-order valence-electron chi connectivity index (χ0n) is 21.8. The van der Waals surface area contributed by atoms with Gasteiger partial charge in [0.2, 0.25) is 5.91 Å². The van der Waals surface area contributed by atoms with Gasteiger partial charge in [0.1, 0.15) is 18.3 Å². The van der Waals surface area contributed by atoms with Crippen LogP contribution in [0.1, 0.15) is 110 Å². The summed E-state index contributed by atoms with van der Waals surface area (Å²) in [5.74, 6) is -1.48. The highest BCUT2D eigenvalue weighted by Crippen LogP contribution is 2.13. The summed E-state index contributed by atoms with van der Waals surface area (Å²) in [4.78, 5) is 23.6. The Morgan fingerprint density at radius 2 is 1.06 bits per heavy atom. The SMILES string of the molecule is CCCCCCCCCCCCCCCCCCNC(=O)CNC(=O)[C@H](O)[C@@H](O)[C@H](O)[C@H](O)CO. The first-order valence-electron chi connectivity index (χ1n) is 13.7. The van der Waals surface area contributed by atoms with Gasteiger partial charge >= 0.3 is 0 Å². The van der Waals surface area contributed by atoms with Gasteiger partial charge in [-0.15, -0.1) is 0 Å². The van der Waals surface area contributed by atoms with Gasteiger partial charge in [0.15, 0.2) is 6.10 Å². The molecule has 0 bridgehead atoms. The molecular formula is C26H52N2O7. The van der Waals surface area contributed by atoms with Gasteiger partial charge in [-0.3, -0.25) is 9.59 Å². The van der Waals surface area contributed by atoms with Crippen LogP contribution in [-0.2, 0) is 9.59 Å². The van der Waals surface area contributed by atoms with Crippen LogP contribution in [-0.4, -0.2) is 81.5 Å². The molecular weight excluding hydrogens is 452 g/mol. The molecule has 0 aliphatic carbocycles. The Hall–Kier alpha value is -1.26. The molecule has 9 nitrogen and oxygen atoms in total. The summed E-state index contributed by atoms with van der Waals surface area (Å²) >= 11 is 0. The third-order valence-corrected chi connectivity index (χ3v) is 6.30. The fraction of sp³-hybridized carbons (Fsp3) is 0.923. The van der Waals surface area contributed by atoms with E-state index in [9.17, 15) is 30.0 Å². The predicted molar refractivity (Wildman–Crippen MR) is 137 cm³/mol. The molecule has 0 aliphatic rings. The summed E-state index contributed by atoms with van der Waals surface area (Å²) in [5, 5.41) is 51.7. The van der Waals surface area contributed by atoms with Crippen molar-refractivity contribution in [2.75, 3.05) is 19.7 Å². The molecule has 0 unspecified atom stereocenters. The van der Waals surface area contributed by atoms with E-state index < -0.39 is 42.8 Å². The molecule has 0 saturated carbocycles. The first-order valence-corrected chi connectivity index (χ1v) is 13.7. The monoisotopic (exact) mass is 504 g/mol. The van der Waals surface area contributed by atoms with E-state index in [2.05, 4.69) is 17.6 Å². The number of nitrogens with one attached hydrogen (secondary N) is 2. The standard InChI is InChI=1S/C26H52N2O7/c1-2-3-4-5-6-7-8-9-10-11-12-13-14-15-16-17-18-27-22(31)19-28-26(35)25(34)24(33)23(32)21(30)20-29/h21,23-25,29-30,32-34H,2-20H2,1H3,(H,27,31)(H,28,35)/t21-,23-,24+,25-/m1/s1. The van der Waals surface area contributed by atoms with E-state index in [0.29, 0.717) is 6.54 Å². The predicted octanol–water partition coefficient (Wildman–Crippen LogP) is 1.92. The second-order valence-electron chi connectivity index (χ2n) is 9.55. The molecule has 35 heavy (non-hydrogen) atoms. The molecule has 0 spiro atoms. The molecule has 0 fully saturated rings. The van der Waals surface area contributed by atoms with Crippen molar-refractivity contribution >= 4 is 11.8 Å². The second kappa shape index (κ2) is 23.2. The summed E-state index contributed by atoms with van der Waals surface area (Å²) in [5.41, 5.74) is 0. The molecule has 0 heterocycles. The number of hydrogen-bond acceptors (Lipinski definition) is 7. The molecule has 0 aromatic heterocycles. The molecule has 9 heteroatoms. The Morgan fingerprint density at radius 3 is 1.49 bits per heavy atom. The average molecular weight is 505 g/mol. The van der Waals surface area contributed by atoms with Gasteiger partial charge in [-0.1, -0.05) is 103 Å². The van der Waals surface area contributed by atoms with Gasteiger partial charge in [0.05, 0.1) is 13.2 Å². The van der Waals surface area contributed by atoms with Crippen molar-refractivity contribution in [3.8, 4) is 0 Å².